The standard InChI is InChI=1S/C12H17N5/c1-3-8-17-9-7-14-11(17)10-5-6-15-12(16-10)13-4-2/h5-7,9H,3-4,8H2,1-2H3,(H,13,15,16). The van der Waals surface area contributed by atoms with Gasteiger partial charge in [-0.3, -0.25) is 0 Å². The Hall–Kier alpha value is -1.91. The summed E-state index contributed by atoms with van der Waals surface area (Å²) in [5, 5.41) is 3.10. The molecule has 0 amide bonds. The van der Waals surface area contributed by atoms with Gasteiger partial charge < -0.3 is 9.88 Å². The van der Waals surface area contributed by atoms with E-state index < -0.39 is 0 Å². The van der Waals surface area contributed by atoms with Gasteiger partial charge in [-0.05, 0) is 19.4 Å². The summed E-state index contributed by atoms with van der Waals surface area (Å²) < 4.78 is 2.11. The molecule has 0 saturated carbocycles. The highest BCUT2D eigenvalue weighted by atomic mass is 15.1. The Labute approximate surface area is 101 Å². The minimum atomic E-state index is 0.649. The van der Waals surface area contributed by atoms with Crippen molar-refractivity contribution < 1.29 is 0 Å². The second kappa shape index (κ2) is 5.43. The largest absolute Gasteiger partial charge is 0.354 e. The quantitative estimate of drug-likeness (QED) is 0.857. The molecular formula is C12H17N5. The predicted molar refractivity (Wildman–Crippen MR) is 67.7 cm³/mol. The molecular weight excluding hydrogens is 214 g/mol. The third-order valence-electron chi connectivity index (χ3n) is 2.40. The van der Waals surface area contributed by atoms with Crippen LogP contribution in [0.25, 0.3) is 11.5 Å². The van der Waals surface area contributed by atoms with Gasteiger partial charge in [0.1, 0.15) is 5.69 Å². The van der Waals surface area contributed by atoms with E-state index in [-0.39, 0.29) is 0 Å². The van der Waals surface area contributed by atoms with Gasteiger partial charge in [0.15, 0.2) is 5.82 Å². The lowest BCUT2D eigenvalue weighted by Crippen LogP contribution is -2.04. The number of hydrogen-bond donors (Lipinski definition) is 1. The molecule has 0 spiro atoms. The van der Waals surface area contributed by atoms with E-state index in [1.165, 1.54) is 0 Å². The molecule has 17 heavy (non-hydrogen) atoms. The van der Waals surface area contributed by atoms with E-state index >= 15 is 0 Å². The summed E-state index contributed by atoms with van der Waals surface area (Å²) in [6.07, 6.45) is 6.62. The van der Waals surface area contributed by atoms with E-state index in [1.807, 2.05) is 19.2 Å². The second-order valence-electron chi connectivity index (χ2n) is 3.74. The summed E-state index contributed by atoms with van der Waals surface area (Å²) in [5.74, 6) is 1.55. The van der Waals surface area contributed by atoms with Gasteiger partial charge in [0.2, 0.25) is 5.95 Å². The number of hydrogen-bond acceptors (Lipinski definition) is 4. The molecule has 0 aromatic carbocycles. The van der Waals surface area contributed by atoms with Crippen LogP contribution in [0.3, 0.4) is 0 Å². The van der Waals surface area contributed by atoms with Crippen LogP contribution in [-0.4, -0.2) is 26.1 Å². The van der Waals surface area contributed by atoms with Crippen molar-refractivity contribution in [1.29, 1.82) is 0 Å². The zero-order valence-corrected chi connectivity index (χ0v) is 10.2. The predicted octanol–water partition coefficient (Wildman–Crippen LogP) is 2.18. The third kappa shape index (κ3) is 2.61. The highest BCUT2D eigenvalue weighted by Crippen LogP contribution is 2.15. The van der Waals surface area contributed by atoms with Crippen LogP contribution < -0.4 is 5.32 Å². The molecule has 0 aliphatic heterocycles. The van der Waals surface area contributed by atoms with Crippen LogP contribution in [0.2, 0.25) is 0 Å². The Morgan fingerprint density at radius 1 is 1.24 bits per heavy atom. The highest BCUT2D eigenvalue weighted by Gasteiger charge is 2.07. The summed E-state index contributed by atoms with van der Waals surface area (Å²) in [4.78, 5) is 12.9. The monoisotopic (exact) mass is 231 g/mol. The maximum absolute atomic E-state index is 4.44. The molecule has 0 unspecified atom stereocenters. The molecule has 0 radical (unpaired) electrons. The first-order chi connectivity index (χ1) is 8.35. The molecule has 1 N–H and O–H groups in total. The maximum Gasteiger partial charge on any atom is 0.223 e. The van der Waals surface area contributed by atoms with E-state index in [4.69, 9.17) is 0 Å². The molecule has 90 valence electrons. The van der Waals surface area contributed by atoms with E-state index in [9.17, 15) is 0 Å². The first kappa shape index (κ1) is 11.6. The first-order valence-electron chi connectivity index (χ1n) is 5.93. The first-order valence-corrected chi connectivity index (χ1v) is 5.93. The Bertz CT molecular complexity index is 477. The second-order valence-corrected chi connectivity index (χ2v) is 3.74. The maximum atomic E-state index is 4.44. The normalized spacial score (nSPS) is 10.5. The minimum absolute atomic E-state index is 0.649. The summed E-state index contributed by atoms with van der Waals surface area (Å²) in [6.45, 7) is 5.94. The smallest absolute Gasteiger partial charge is 0.223 e. The average molecular weight is 231 g/mol. The van der Waals surface area contributed by atoms with Crippen molar-refractivity contribution in [2.45, 2.75) is 26.8 Å². The van der Waals surface area contributed by atoms with Crippen molar-refractivity contribution >= 4 is 5.95 Å². The van der Waals surface area contributed by atoms with Gasteiger partial charge >= 0.3 is 0 Å². The molecule has 0 bridgehead atoms. The van der Waals surface area contributed by atoms with Gasteiger partial charge in [-0.2, -0.15) is 0 Å². The van der Waals surface area contributed by atoms with Gasteiger partial charge in [-0.25, -0.2) is 15.0 Å². The lowest BCUT2D eigenvalue weighted by Gasteiger charge is -2.07. The number of nitrogens with one attached hydrogen (secondary N) is 1. The number of rotatable bonds is 5. The number of aryl methyl sites for hydroxylation is 1. The molecule has 2 aromatic rings. The third-order valence-corrected chi connectivity index (χ3v) is 2.40. The van der Waals surface area contributed by atoms with Crippen LogP contribution >= 0.6 is 0 Å². The van der Waals surface area contributed by atoms with Gasteiger partial charge in [-0.15, -0.1) is 0 Å². The van der Waals surface area contributed by atoms with E-state index in [0.717, 1.165) is 31.0 Å². The Kier molecular flexibility index (Phi) is 3.69. The summed E-state index contributed by atoms with van der Waals surface area (Å²) in [5.41, 5.74) is 0.856. The zero-order valence-electron chi connectivity index (χ0n) is 10.2. The molecule has 2 aromatic heterocycles. The average Bonchev–Trinajstić information content (AvgIpc) is 2.79. The Balaban J connectivity index is 2.31. The molecule has 0 fully saturated rings. The van der Waals surface area contributed by atoms with Gasteiger partial charge in [0.25, 0.3) is 0 Å². The topological polar surface area (TPSA) is 55.6 Å². The van der Waals surface area contributed by atoms with Crippen molar-refractivity contribution in [1.82, 2.24) is 19.5 Å². The molecule has 0 atom stereocenters. The number of aromatic nitrogens is 4. The lowest BCUT2D eigenvalue weighted by atomic mass is 10.3. The molecule has 2 heterocycles. The fourth-order valence-corrected chi connectivity index (χ4v) is 1.69. The summed E-state index contributed by atoms with van der Waals surface area (Å²) >= 11 is 0. The number of anilines is 1. The van der Waals surface area contributed by atoms with Crippen LogP contribution in [-0.2, 0) is 6.54 Å². The molecule has 2 rings (SSSR count). The highest BCUT2D eigenvalue weighted by molar-refractivity contribution is 5.51. The molecule has 0 aliphatic carbocycles. The summed E-state index contributed by atoms with van der Waals surface area (Å²) in [7, 11) is 0. The fraction of sp³-hybridized carbons (Fsp3) is 0.417. The number of nitrogens with zero attached hydrogens (tertiary/aromatic N) is 4. The fourth-order valence-electron chi connectivity index (χ4n) is 1.69. The molecule has 5 heteroatoms. The molecule has 0 saturated heterocycles. The molecule has 0 aliphatic rings. The van der Waals surface area contributed by atoms with Crippen molar-refractivity contribution in [2.75, 3.05) is 11.9 Å². The molecule has 5 nitrogen and oxygen atoms in total. The van der Waals surface area contributed by atoms with Crippen molar-refractivity contribution in [3.63, 3.8) is 0 Å². The SMILES string of the molecule is CCCn1ccnc1-c1ccnc(NCC)n1. The van der Waals surface area contributed by atoms with Gasteiger partial charge in [0.05, 0.1) is 0 Å². The van der Waals surface area contributed by atoms with Gasteiger partial charge in [0, 0.05) is 31.7 Å². The summed E-state index contributed by atoms with van der Waals surface area (Å²) in [6, 6.07) is 1.88. The van der Waals surface area contributed by atoms with Crippen molar-refractivity contribution in [3.05, 3.63) is 24.7 Å². The van der Waals surface area contributed by atoms with Crippen LogP contribution in [0.4, 0.5) is 5.95 Å². The van der Waals surface area contributed by atoms with Crippen LogP contribution in [0.5, 0.6) is 0 Å². The van der Waals surface area contributed by atoms with Crippen LogP contribution in [0, 0.1) is 0 Å². The van der Waals surface area contributed by atoms with Crippen LogP contribution in [0.15, 0.2) is 24.7 Å². The van der Waals surface area contributed by atoms with Crippen LogP contribution in [0.1, 0.15) is 20.3 Å². The van der Waals surface area contributed by atoms with Crippen molar-refractivity contribution in [2.24, 2.45) is 0 Å². The number of imidazole rings is 1. The van der Waals surface area contributed by atoms with Gasteiger partial charge in [-0.1, -0.05) is 6.92 Å². The zero-order chi connectivity index (χ0) is 12.1. The van der Waals surface area contributed by atoms with E-state index in [0.29, 0.717) is 5.95 Å². The van der Waals surface area contributed by atoms with Crippen molar-refractivity contribution in [3.8, 4) is 11.5 Å². The minimum Gasteiger partial charge on any atom is -0.354 e. The Morgan fingerprint density at radius 3 is 2.88 bits per heavy atom. The van der Waals surface area contributed by atoms with E-state index in [1.54, 1.807) is 12.4 Å². The lowest BCUT2D eigenvalue weighted by molar-refractivity contribution is 0.684. The van der Waals surface area contributed by atoms with E-state index in [2.05, 4.69) is 31.8 Å². The Morgan fingerprint density at radius 2 is 2.12 bits per heavy atom.